The van der Waals surface area contributed by atoms with Gasteiger partial charge >= 0.3 is 0 Å². The maximum Gasteiger partial charge on any atom is 0.269 e. The molecule has 7 nitrogen and oxygen atoms in total. The predicted molar refractivity (Wildman–Crippen MR) is 104 cm³/mol. The number of aryl methyl sites for hydroxylation is 1. The summed E-state index contributed by atoms with van der Waals surface area (Å²) in [6.45, 7) is 0.712. The van der Waals surface area contributed by atoms with E-state index in [2.05, 4.69) is 39.2 Å². The summed E-state index contributed by atoms with van der Waals surface area (Å²) < 4.78 is 1.88. The van der Waals surface area contributed by atoms with Gasteiger partial charge in [-0.1, -0.05) is 24.3 Å². The van der Waals surface area contributed by atoms with Crippen molar-refractivity contribution in [3.8, 4) is 11.4 Å². The Kier molecular flexibility index (Phi) is 4.16. The Balaban J connectivity index is 1.36. The summed E-state index contributed by atoms with van der Waals surface area (Å²) in [6.07, 6.45) is 6.52. The van der Waals surface area contributed by atoms with Crippen LogP contribution < -0.4 is 0 Å². The molecule has 2 aliphatic carbocycles. The zero-order valence-corrected chi connectivity index (χ0v) is 15.4. The molecule has 0 bridgehead atoms. The van der Waals surface area contributed by atoms with Crippen LogP contribution in [0.15, 0.2) is 54.9 Å². The van der Waals surface area contributed by atoms with E-state index in [-0.39, 0.29) is 5.69 Å². The highest BCUT2D eigenvalue weighted by molar-refractivity contribution is 5.56. The summed E-state index contributed by atoms with van der Waals surface area (Å²) in [6, 6.07) is 16.2. The van der Waals surface area contributed by atoms with Crippen LogP contribution in [0.25, 0.3) is 11.4 Å². The van der Waals surface area contributed by atoms with Gasteiger partial charge in [0.15, 0.2) is 5.82 Å². The van der Waals surface area contributed by atoms with Crippen LogP contribution in [-0.4, -0.2) is 30.6 Å². The second-order valence-corrected chi connectivity index (χ2v) is 7.55. The van der Waals surface area contributed by atoms with Crippen molar-refractivity contribution < 1.29 is 4.92 Å². The lowest BCUT2D eigenvalue weighted by atomic mass is 10.1. The predicted octanol–water partition coefficient (Wildman–Crippen LogP) is 3.96. The first-order valence-corrected chi connectivity index (χ1v) is 9.67. The minimum Gasteiger partial charge on any atom is -0.274 e. The lowest BCUT2D eigenvalue weighted by Crippen LogP contribution is -2.32. The third-order valence-corrected chi connectivity index (χ3v) is 5.70. The topological polar surface area (TPSA) is 77.1 Å². The summed E-state index contributed by atoms with van der Waals surface area (Å²) >= 11 is 0. The SMILES string of the molecule is O=[N+]([O-])c1ccc(-c2ncn(CN(C3CC3)[C@H]3CCc4ccccc43)n2)cc1. The number of hydrogen-bond donors (Lipinski definition) is 0. The van der Waals surface area contributed by atoms with E-state index in [9.17, 15) is 10.1 Å². The van der Waals surface area contributed by atoms with Gasteiger partial charge in [-0.15, -0.1) is 5.10 Å². The summed E-state index contributed by atoms with van der Waals surface area (Å²) in [4.78, 5) is 17.4. The van der Waals surface area contributed by atoms with Crippen molar-refractivity contribution >= 4 is 5.69 Å². The van der Waals surface area contributed by atoms with Gasteiger partial charge in [0, 0.05) is 29.8 Å². The van der Waals surface area contributed by atoms with Crippen molar-refractivity contribution in [3.05, 3.63) is 76.1 Å². The fourth-order valence-corrected chi connectivity index (χ4v) is 4.15. The first-order chi connectivity index (χ1) is 13.7. The molecule has 5 rings (SSSR count). The van der Waals surface area contributed by atoms with E-state index in [1.807, 2.05) is 4.68 Å². The molecule has 1 heterocycles. The van der Waals surface area contributed by atoms with Crippen LogP contribution in [0.5, 0.6) is 0 Å². The van der Waals surface area contributed by atoms with Gasteiger partial charge in [-0.2, -0.15) is 0 Å². The average molecular weight is 375 g/mol. The van der Waals surface area contributed by atoms with Crippen molar-refractivity contribution in [2.24, 2.45) is 0 Å². The molecule has 0 saturated heterocycles. The number of hydrogen-bond acceptors (Lipinski definition) is 5. The van der Waals surface area contributed by atoms with Gasteiger partial charge in [-0.05, 0) is 48.9 Å². The van der Waals surface area contributed by atoms with Gasteiger partial charge in [0.1, 0.15) is 6.33 Å². The van der Waals surface area contributed by atoms with Crippen LogP contribution in [0, 0.1) is 10.1 Å². The molecule has 1 saturated carbocycles. The highest BCUT2D eigenvalue weighted by atomic mass is 16.6. The second kappa shape index (κ2) is 6.83. The van der Waals surface area contributed by atoms with Crippen LogP contribution in [0.2, 0.25) is 0 Å². The highest BCUT2D eigenvalue weighted by Gasteiger charge is 2.37. The number of nitrogens with zero attached hydrogens (tertiary/aromatic N) is 5. The number of aromatic nitrogens is 3. The normalized spacial score (nSPS) is 18.4. The molecule has 1 aromatic heterocycles. The molecule has 28 heavy (non-hydrogen) atoms. The number of non-ortho nitro benzene ring substituents is 1. The van der Waals surface area contributed by atoms with Crippen molar-refractivity contribution in [3.63, 3.8) is 0 Å². The second-order valence-electron chi connectivity index (χ2n) is 7.55. The Morgan fingerprint density at radius 3 is 2.64 bits per heavy atom. The van der Waals surface area contributed by atoms with E-state index in [4.69, 9.17) is 0 Å². The third kappa shape index (κ3) is 3.18. The van der Waals surface area contributed by atoms with Gasteiger partial charge in [0.25, 0.3) is 5.69 Å². The van der Waals surface area contributed by atoms with Crippen LogP contribution >= 0.6 is 0 Å². The van der Waals surface area contributed by atoms with E-state index in [0.717, 1.165) is 18.4 Å². The highest BCUT2D eigenvalue weighted by Crippen LogP contribution is 2.41. The maximum absolute atomic E-state index is 10.8. The van der Waals surface area contributed by atoms with Crippen molar-refractivity contribution in [1.29, 1.82) is 0 Å². The van der Waals surface area contributed by atoms with E-state index in [1.165, 1.54) is 36.1 Å². The van der Waals surface area contributed by atoms with Gasteiger partial charge in [-0.25, -0.2) is 9.67 Å². The zero-order valence-electron chi connectivity index (χ0n) is 15.4. The molecule has 2 aromatic carbocycles. The Bertz CT molecular complexity index is 1010. The number of fused-ring (bicyclic) bond motifs is 1. The number of rotatable bonds is 6. The third-order valence-electron chi connectivity index (χ3n) is 5.70. The molecule has 0 amide bonds. The molecule has 0 spiro atoms. The van der Waals surface area contributed by atoms with Crippen LogP contribution in [-0.2, 0) is 13.1 Å². The van der Waals surface area contributed by atoms with E-state index < -0.39 is 4.92 Å². The maximum atomic E-state index is 10.8. The van der Waals surface area contributed by atoms with Gasteiger partial charge in [0.2, 0.25) is 0 Å². The van der Waals surface area contributed by atoms with Gasteiger partial charge < -0.3 is 0 Å². The van der Waals surface area contributed by atoms with Crippen LogP contribution in [0.3, 0.4) is 0 Å². The molecule has 2 aliphatic rings. The smallest absolute Gasteiger partial charge is 0.269 e. The Morgan fingerprint density at radius 1 is 1.11 bits per heavy atom. The minimum absolute atomic E-state index is 0.0722. The molecule has 0 unspecified atom stereocenters. The van der Waals surface area contributed by atoms with Crippen molar-refractivity contribution in [2.45, 2.75) is 44.4 Å². The molecule has 0 radical (unpaired) electrons. The van der Waals surface area contributed by atoms with Gasteiger partial charge in [-0.3, -0.25) is 15.0 Å². The molecular weight excluding hydrogens is 354 g/mol. The van der Waals surface area contributed by atoms with Crippen molar-refractivity contribution in [2.75, 3.05) is 0 Å². The number of nitro benzene ring substituents is 1. The molecule has 142 valence electrons. The summed E-state index contributed by atoms with van der Waals surface area (Å²) in [7, 11) is 0. The van der Waals surface area contributed by atoms with Gasteiger partial charge in [0.05, 0.1) is 11.6 Å². The lowest BCUT2D eigenvalue weighted by molar-refractivity contribution is -0.384. The quantitative estimate of drug-likeness (QED) is 0.481. The monoisotopic (exact) mass is 375 g/mol. The number of nitro groups is 1. The molecule has 0 aliphatic heterocycles. The van der Waals surface area contributed by atoms with Crippen LogP contribution in [0.4, 0.5) is 5.69 Å². The average Bonchev–Trinajstić information content (AvgIpc) is 3.30. The fourth-order valence-electron chi connectivity index (χ4n) is 4.15. The largest absolute Gasteiger partial charge is 0.274 e. The van der Waals surface area contributed by atoms with Crippen LogP contribution in [0.1, 0.15) is 36.4 Å². The Labute approximate surface area is 162 Å². The molecule has 1 fully saturated rings. The molecule has 3 aromatic rings. The van der Waals surface area contributed by atoms with E-state index >= 15 is 0 Å². The summed E-state index contributed by atoms with van der Waals surface area (Å²) in [5.41, 5.74) is 3.77. The molecule has 0 N–H and O–H groups in total. The van der Waals surface area contributed by atoms with Crippen molar-refractivity contribution in [1.82, 2.24) is 19.7 Å². The van der Waals surface area contributed by atoms with E-state index in [0.29, 0.717) is 24.6 Å². The first-order valence-electron chi connectivity index (χ1n) is 9.67. The molecule has 7 heteroatoms. The zero-order chi connectivity index (χ0) is 19.1. The standard InChI is InChI=1S/C21H21N5O2/c27-26(28)18-8-5-16(6-9-18)21-22-13-24(23-21)14-25(17-10-11-17)20-12-7-15-3-1-2-4-19(15)20/h1-6,8-9,13,17,20H,7,10-12,14H2/t20-/m0/s1. The minimum atomic E-state index is -0.400. The molecular formula is C21H21N5O2. The lowest BCUT2D eigenvalue weighted by Gasteiger charge is -2.29. The first kappa shape index (κ1) is 17.1. The summed E-state index contributed by atoms with van der Waals surface area (Å²) in [5, 5.41) is 15.4. The fraction of sp³-hybridized carbons (Fsp3) is 0.333. The summed E-state index contributed by atoms with van der Waals surface area (Å²) in [5.74, 6) is 0.595. The van der Waals surface area contributed by atoms with E-state index in [1.54, 1.807) is 18.5 Å². The number of benzene rings is 2. The Hall–Kier alpha value is -3.06. The molecule has 1 atom stereocenters. The Morgan fingerprint density at radius 2 is 1.89 bits per heavy atom.